The third-order valence-electron chi connectivity index (χ3n) is 6.42. The van der Waals surface area contributed by atoms with E-state index >= 15 is 0 Å². The number of piperidine rings is 2. The minimum absolute atomic E-state index is 0. The van der Waals surface area contributed by atoms with Crippen LogP contribution in [0.25, 0.3) is 0 Å². The van der Waals surface area contributed by atoms with E-state index in [4.69, 9.17) is 0 Å². The number of nitrogens with zero attached hydrogens (tertiary/aromatic N) is 1. The van der Waals surface area contributed by atoms with Gasteiger partial charge < -0.3 is 0 Å². The molecule has 9 heteroatoms. The van der Waals surface area contributed by atoms with Crippen LogP contribution in [0.2, 0.25) is 0 Å². The van der Waals surface area contributed by atoms with Gasteiger partial charge in [-0.25, -0.2) is 8.78 Å². The molecule has 1 atom stereocenters. The Labute approximate surface area is 208 Å². The van der Waals surface area contributed by atoms with Crippen LogP contribution in [0.3, 0.4) is 0 Å². The Morgan fingerprint density at radius 1 is 1.06 bits per heavy atom. The second-order valence-electron chi connectivity index (χ2n) is 8.15. The summed E-state index contributed by atoms with van der Waals surface area (Å²) < 4.78 is 29.3. The van der Waals surface area contributed by atoms with Gasteiger partial charge >= 0.3 is 0 Å². The van der Waals surface area contributed by atoms with E-state index in [9.17, 15) is 18.4 Å². The van der Waals surface area contributed by atoms with Crippen molar-refractivity contribution >= 4 is 53.6 Å². The zero-order valence-electron chi connectivity index (χ0n) is 17.4. The highest BCUT2D eigenvalue weighted by molar-refractivity contribution is 9.10. The third kappa shape index (κ3) is 5.35. The fourth-order valence-electron chi connectivity index (χ4n) is 4.87. The molecule has 0 aliphatic carbocycles. The van der Waals surface area contributed by atoms with Gasteiger partial charge in [0.05, 0.1) is 5.41 Å². The molecule has 0 spiro atoms. The van der Waals surface area contributed by atoms with Gasteiger partial charge in [-0.15, -0.1) is 12.4 Å². The molecule has 2 aliphatic rings. The first kappa shape index (κ1) is 26.8. The molecule has 2 heterocycles. The van der Waals surface area contributed by atoms with E-state index in [0.29, 0.717) is 12.8 Å². The van der Waals surface area contributed by atoms with Crippen molar-refractivity contribution in [2.45, 2.75) is 37.6 Å². The lowest BCUT2D eigenvalue weighted by molar-refractivity contribution is -0.140. The SMILES string of the molecule is Cl.O=C1CCC(c2ccc(F)cc2F)(C2CCN(Cc3ccc(Br)cc3)CC2)C(=O)N1.S. The lowest BCUT2D eigenvalue weighted by Crippen LogP contribution is -2.57. The summed E-state index contributed by atoms with van der Waals surface area (Å²) in [5.74, 6) is -2.33. The van der Waals surface area contributed by atoms with E-state index in [1.54, 1.807) is 0 Å². The van der Waals surface area contributed by atoms with Gasteiger partial charge in [0.25, 0.3) is 0 Å². The lowest BCUT2D eigenvalue weighted by atomic mass is 9.62. The first-order valence-corrected chi connectivity index (χ1v) is 10.9. The zero-order chi connectivity index (χ0) is 21.3. The summed E-state index contributed by atoms with van der Waals surface area (Å²) >= 11 is 3.44. The molecule has 0 saturated carbocycles. The minimum Gasteiger partial charge on any atom is -0.299 e. The number of hydrogen-bond donors (Lipinski definition) is 1. The summed E-state index contributed by atoms with van der Waals surface area (Å²) in [6.07, 6.45) is 1.81. The summed E-state index contributed by atoms with van der Waals surface area (Å²) in [7, 11) is 0. The largest absolute Gasteiger partial charge is 0.299 e. The smallest absolute Gasteiger partial charge is 0.237 e. The number of halogens is 4. The van der Waals surface area contributed by atoms with Crippen LogP contribution >= 0.6 is 41.8 Å². The Bertz CT molecular complexity index is 971. The van der Waals surface area contributed by atoms with Crippen molar-refractivity contribution in [2.75, 3.05) is 13.1 Å². The quantitative estimate of drug-likeness (QED) is 0.557. The molecule has 0 aromatic heterocycles. The Morgan fingerprint density at radius 2 is 1.72 bits per heavy atom. The van der Waals surface area contributed by atoms with Crippen LogP contribution in [0, 0.1) is 17.6 Å². The van der Waals surface area contributed by atoms with Crippen LogP contribution < -0.4 is 5.32 Å². The van der Waals surface area contributed by atoms with Crippen LogP contribution in [0.5, 0.6) is 0 Å². The fraction of sp³-hybridized carbons (Fsp3) is 0.391. The summed E-state index contributed by atoms with van der Waals surface area (Å²) in [5, 5.41) is 2.41. The fourth-order valence-corrected chi connectivity index (χ4v) is 5.14. The average molecular weight is 548 g/mol. The van der Waals surface area contributed by atoms with E-state index < -0.39 is 23.0 Å². The number of rotatable bonds is 4. The highest BCUT2D eigenvalue weighted by Gasteiger charge is 2.51. The maximum absolute atomic E-state index is 14.8. The minimum atomic E-state index is -1.14. The van der Waals surface area contributed by atoms with Crippen LogP contribution in [-0.4, -0.2) is 29.8 Å². The van der Waals surface area contributed by atoms with Crippen molar-refractivity contribution in [2.24, 2.45) is 5.92 Å². The standard InChI is InChI=1S/C23H23BrF2N2O2.ClH.H2S/c24-17-3-1-15(2-4-17)14-28-11-8-16(9-12-28)23(10-7-21(29)27-22(23)30)19-6-5-18(25)13-20(19)26;;/h1-6,13,16H,7-12,14H2,(H,27,29,30);1H;1H2. The zero-order valence-corrected chi connectivity index (χ0v) is 20.8. The molecular formula is C23H26BrClF2N2O2S. The van der Waals surface area contributed by atoms with Gasteiger partial charge in [-0.3, -0.25) is 19.8 Å². The number of benzene rings is 2. The second kappa shape index (κ2) is 11.1. The number of carbonyl (C=O) groups excluding carboxylic acids is 2. The first-order valence-electron chi connectivity index (χ1n) is 10.1. The van der Waals surface area contributed by atoms with Crippen molar-refractivity contribution in [1.82, 2.24) is 10.2 Å². The maximum Gasteiger partial charge on any atom is 0.237 e. The predicted octanol–water partition coefficient (Wildman–Crippen LogP) is 4.85. The molecule has 32 heavy (non-hydrogen) atoms. The molecule has 2 fully saturated rings. The Hall–Kier alpha value is -1.48. The average Bonchev–Trinajstić information content (AvgIpc) is 2.71. The van der Waals surface area contributed by atoms with Gasteiger partial charge in [0.2, 0.25) is 11.8 Å². The van der Waals surface area contributed by atoms with Gasteiger partial charge in [-0.2, -0.15) is 13.5 Å². The molecule has 1 unspecified atom stereocenters. The monoisotopic (exact) mass is 546 g/mol. The van der Waals surface area contributed by atoms with Crippen LogP contribution in [0.15, 0.2) is 46.9 Å². The number of hydrogen-bond acceptors (Lipinski definition) is 3. The molecule has 4 rings (SSSR count). The van der Waals surface area contributed by atoms with E-state index in [-0.39, 0.29) is 56.1 Å². The number of carbonyl (C=O) groups is 2. The topological polar surface area (TPSA) is 49.4 Å². The molecular weight excluding hydrogens is 522 g/mol. The Balaban J connectivity index is 0.00000181. The summed E-state index contributed by atoms with van der Waals surface area (Å²) in [4.78, 5) is 27.2. The molecule has 174 valence electrons. The maximum atomic E-state index is 14.8. The van der Waals surface area contributed by atoms with Crippen LogP contribution in [-0.2, 0) is 21.5 Å². The molecule has 2 aliphatic heterocycles. The van der Waals surface area contributed by atoms with E-state index in [1.165, 1.54) is 17.7 Å². The summed E-state index contributed by atoms with van der Waals surface area (Å²) in [6, 6.07) is 11.6. The lowest BCUT2D eigenvalue weighted by Gasteiger charge is -2.45. The number of imide groups is 1. The number of nitrogens with one attached hydrogen (secondary N) is 1. The molecule has 0 radical (unpaired) electrons. The molecule has 2 aromatic rings. The van der Waals surface area contributed by atoms with E-state index in [0.717, 1.165) is 30.2 Å². The predicted molar refractivity (Wildman–Crippen MR) is 130 cm³/mol. The van der Waals surface area contributed by atoms with Gasteiger partial charge in [0.15, 0.2) is 0 Å². The van der Waals surface area contributed by atoms with E-state index in [1.807, 2.05) is 12.1 Å². The molecule has 4 nitrogen and oxygen atoms in total. The van der Waals surface area contributed by atoms with Crippen molar-refractivity contribution in [3.8, 4) is 0 Å². The normalized spacial score (nSPS) is 22.0. The van der Waals surface area contributed by atoms with Crippen LogP contribution in [0.4, 0.5) is 8.78 Å². The van der Waals surface area contributed by atoms with Crippen molar-refractivity contribution < 1.29 is 18.4 Å². The highest BCUT2D eigenvalue weighted by Crippen LogP contribution is 2.45. The molecule has 2 aromatic carbocycles. The van der Waals surface area contributed by atoms with Crippen molar-refractivity contribution in [1.29, 1.82) is 0 Å². The van der Waals surface area contributed by atoms with Gasteiger partial charge in [0, 0.05) is 29.1 Å². The van der Waals surface area contributed by atoms with E-state index in [2.05, 4.69) is 38.3 Å². The number of likely N-dealkylation sites (tertiary alicyclic amines) is 1. The summed E-state index contributed by atoms with van der Waals surface area (Å²) in [6.45, 7) is 2.35. The molecule has 2 saturated heterocycles. The first-order chi connectivity index (χ1) is 14.4. The third-order valence-corrected chi connectivity index (χ3v) is 6.95. The molecule has 1 N–H and O–H groups in total. The Kier molecular flexibility index (Phi) is 9.28. The highest BCUT2D eigenvalue weighted by atomic mass is 79.9. The Morgan fingerprint density at radius 3 is 2.31 bits per heavy atom. The molecule has 0 bridgehead atoms. The second-order valence-corrected chi connectivity index (χ2v) is 9.07. The molecule has 2 amide bonds. The summed E-state index contributed by atoms with van der Waals surface area (Å²) in [5.41, 5.74) is 0.257. The van der Waals surface area contributed by atoms with Crippen LogP contribution in [0.1, 0.15) is 36.8 Å². The number of amides is 2. The van der Waals surface area contributed by atoms with Crippen molar-refractivity contribution in [3.05, 3.63) is 69.7 Å². The van der Waals surface area contributed by atoms with Gasteiger partial charge in [0.1, 0.15) is 11.6 Å². The van der Waals surface area contributed by atoms with Gasteiger partial charge in [-0.1, -0.05) is 34.1 Å². The van der Waals surface area contributed by atoms with Crippen molar-refractivity contribution in [3.63, 3.8) is 0 Å². The van der Waals surface area contributed by atoms with Gasteiger partial charge in [-0.05, 0) is 62.0 Å².